The van der Waals surface area contributed by atoms with Gasteiger partial charge in [-0.2, -0.15) is 5.14 Å². The first kappa shape index (κ1) is 9.28. The van der Waals surface area contributed by atoms with Gasteiger partial charge in [0, 0.05) is 37.6 Å². The van der Waals surface area contributed by atoms with E-state index in [2.05, 4.69) is 4.90 Å². The van der Waals surface area contributed by atoms with E-state index in [1.807, 2.05) is 0 Å². The zero-order valence-electron chi connectivity index (χ0n) is 6.40. The van der Waals surface area contributed by atoms with Crippen LogP contribution in [0.5, 0.6) is 0 Å². The molecule has 1 heterocycles. The van der Waals surface area contributed by atoms with E-state index in [0.717, 1.165) is 26.1 Å². The second-order valence-corrected chi connectivity index (χ2v) is 4.11. The maximum absolute atomic E-state index is 10.7. The molecule has 0 bridgehead atoms. The van der Waals surface area contributed by atoms with Crippen molar-refractivity contribution in [3.8, 4) is 0 Å². The van der Waals surface area contributed by atoms with Gasteiger partial charge in [-0.3, -0.25) is 4.90 Å². The first-order valence-electron chi connectivity index (χ1n) is 3.72. The second kappa shape index (κ2) is 4.27. The van der Waals surface area contributed by atoms with Crippen molar-refractivity contribution in [3.63, 3.8) is 0 Å². The van der Waals surface area contributed by atoms with Gasteiger partial charge in [-0.05, 0) is 6.42 Å². The monoisotopic (exact) mass is 178 g/mol. The van der Waals surface area contributed by atoms with Gasteiger partial charge in [0.2, 0.25) is 0 Å². The molecule has 0 aliphatic carbocycles. The van der Waals surface area contributed by atoms with Gasteiger partial charge in [0.25, 0.3) is 0 Å². The van der Waals surface area contributed by atoms with Gasteiger partial charge < -0.3 is 9.66 Å². The lowest BCUT2D eigenvalue weighted by Gasteiger charge is -2.37. The third kappa shape index (κ3) is 2.61. The Balaban J connectivity index is 2.00. The molecule has 1 atom stereocenters. The van der Waals surface area contributed by atoms with Crippen LogP contribution in [0.15, 0.2) is 0 Å². The number of rotatable bonds is 4. The largest absolute Gasteiger partial charge is 0.598 e. The first-order chi connectivity index (χ1) is 5.24. The minimum absolute atomic E-state index is 0.161. The third-order valence-electron chi connectivity index (χ3n) is 1.88. The molecule has 1 rings (SSSR count). The molecule has 1 fully saturated rings. The van der Waals surface area contributed by atoms with Gasteiger partial charge in [0.15, 0.2) is 5.25 Å². The normalized spacial score (nSPS) is 23.2. The number of aliphatic hydroxyl groups excluding tert-OH is 1. The molecular formula is C6H14N2O2S. The van der Waals surface area contributed by atoms with E-state index in [-0.39, 0.29) is 11.9 Å². The van der Waals surface area contributed by atoms with Gasteiger partial charge >= 0.3 is 0 Å². The lowest BCUT2D eigenvalue weighted by atomic mass is 10.2. The van der Waals surface area contributed by atoms with E-state index in [9.17, 15) is 4.55 Å². The zero-order chi connectivity index (χ0) is 8.27. The van der Waals surface area contributed by atoms with Gasteiger partial charge in [-0.15, -0.1) is 0 Å². The second-order valence-electron chi connectivity index (χ2n) is 2.79. The SMILES string of the molecule is N[S+]([O-])C1CN(CCCO)C1. The first-order valence-corrected chi connectivity index (χ1v) is 5.00. The number of nitrogens with zero attached hydrogens (tertiary/aromatic N) is 1. The molecule has 0 spiro atoms. The van der Waals surface area contributed by atoms with Crippen LogP contribution >= 0.6 is 0 Å². The predicted octanol–water partition coefficient (Wildman–Crippen LogP) is -1.32. The number of hydrogen-bond donors (Lipinski definition) is 2. The molecule has 0 saturated carbocycles. The Kier molecular flexibility index (Phi) is 3.61. The van der Waals surface area contributed by atoms with Crippen LogP contribution in [-0.2, 0) is 11.4 Å². The Labute approximate surface area is 69.7 Å². The standard InChI is InChI=1S/C6H14N2O2S/c7-11(10)6-4-8(5-6)2-1-3-9/h6,9H,1-5,7H2. The van der Waals surface area contributed by atoms with Crippen LogP contribution in [-0.4, -0.2) is 46.1 Å². The van der Waals surface area contributed by atoms with Crippen LogP contribution in [0.2, 0.25) is 0 Å². The van der Waals surface area contributed by atoms with Crippen molar-refractivity contribution >= 4 is 11.4 Å². The van der Waals surface area contributed by atoms with Crippen molar-refractivity contribution in [1.29, 1.82) is 0 Å². The summed E-state index contributed by atoms with van der Waals surface area (Å²) in [5, 5.41) is 13.8. The fraction of sp³-hybridized carbons (Fsp3) is 1.00. The smallest absolute Gasteiger partial charge is 0.160 e. The minimum Gasteiger partial charge on any atom is -0.598 e. The summed E-state index contributed by atoms with van der Waals surface area (Å²) in [6.07, 6.45) is 0.796. The molecule has 0 radical (unpaired) electrons. The summed E-state index contributed by atoms with van der Waals surface area (Å²) in [7, 11) is 0. The van der Waals surface area contributed by atoms with Crippen molar-refractivity contribution in [2.24, 2.45) is 5.14 Å². The molecule has 4 nitrogen and oxygen atoms in total. The quantitative estimate of drug-likeness (QED) is 0.523. The van der Waals surface area contributed by atoms with E-state index in [1.165, 1.54) is 0 Å². The zero-order valence-corrected chi connectivity index (χ0v) is 7.22. The van der Waals surface area contributed by atoms with Crippen LogP contribution in [0, 0.1) is 0 Å². The van der Waals surface area contributed by atoms with Crippen molar-refractivity contribution in [3.05, 3.63) is 0 Å². The molecule has 66 valence electrons. The van der Waals surface area contributed by atoms with E-state index >= 15 is 0 Å². The summed E-state index contributed by atoms with van der Waals surface area (Å²) in [5.74, 6) is 0. The van der Waals surface area contributed by atoms with E-state index < -0.39 is 11.4 Å². The summed E-state index contributed by atoms with van der Waals surface area (Å²) in [6, 6.07) is 0. The van der Waals surface area contributed by atoms with Crippen molar-refractivity contribution in [2.75, 3.05) is 26.2 Å². The van der Waals surface area contributed by atoms with Gasteiger partial charge in [-0.1, -0.05) is 0 Å². The van der Waals surface area contributed by atoms with Gasteiger partial charge in [-0.25, -0.2) is 0 Å². The predicted molar refractivity (Wildman–Crippen MR) is 44.3 cm³/mol. The Morgan fingerprint density at radius 2 is 2.27 bits per heavy atom. The number of nitrogens with two attached hydrogens (primary N) is 1. The maximum Gasteiger partial charge on any atom is 0.160 e. The minimum atomic E-state index is -1.15. The van der Waals surface area contributed by atoms with Crippen LogP contribution in [0.25, 0.3) is 0 Å². The number of likely N-dealkylation sites (tertiary alicyclic amines) is 1. The molecule has 0 aromatic heterocycles. The fourth-order valence-electron chi connectivity index (χ4n) is 1.15. The molecule has 1 aliphatic heterocycles. The van der Waals surface area contributed by atoms with Crippen molar-refractivity contribution in [1.82, 2.24) is 4.90 Å². The van der Waals surface area contributed by atoms with Crippen LogP contribution < -0.4 is 5.14 Å². The van der Waals surface area contributed by atoms with E-state index in [4.69, 9.17) is 10.2 Å². The molecule has 0 amide bonds. The highest BCUT2D eigenvalue weighted by atomic mass is 32.2. The molecule has 1 saturated heterocycles. The fourth-order valence-corrected chi connectivity index (χ4v) is 1.86. The highest BCUT2D eigenvalue weighted by Crippen LogP contribution is 2.13. The van der Waals surface area contributed by atoms with Crippen molar-refractivity contribution < 1.29 is 9.66 Å². The summed E-state index contributed by atoms with van der Waals surface area (Å²) in [6.45, 7) is 2.77. The van der Waals surface area contributed by atoms with Crippen LogP contribution in [0.4, 0.5) is 0 Å². The lowest BCUT2D eigenvalue weighted by Crippen LogP contribution is -2.56. The Hall–Kier alpha value is 0.190. The molecule has 5 heteroatoms. The lowest BCUT2D eigenvalue weighted by molar-refractivity contribution is 0.164. The average Bonchev–Trinajstić information content (AvgIpc) is 1.84. The molecule has 1 unspecified atom stereocenters. The van der Waals surface area contributed by atoms with Crippen LogP contribution in [0.3, 0.4) is 0 Å². The molecular weight excluding hydrogens is 164 g/mol. The van der Waals surface area contributed by atoms with E-state index in [0.29, 0.717) is 0 Å². The molecule has 1 aliphatic rings. The Bertz CT molecular complexity index is 117. The number of hydrogen-bond acceptors (Lipinski definition) is 4. The average molecular weight is 178 g/mol. The molecule has 11 heavy (non-hydrogen) atoms. The van der Waals surface area contributed by atoms with Gasteiger partial charge in [0.1, 0.15) is 0 Å². The van der Waals surface area contributed by atoms with Gasteiger partial charge in [0.05, 0.1) is 0 Å². The highest BCUT2D eigenvalue weighted by molar-refractivity contribution is 7.89. The molecule has 3 N–H and O–H groups in total. The molecule has 0 aromatic rings. The van der Waals surface area contributed by atoms with Crippen LogP contribution in [0.1, 0.15) is 6.42 Å². The number of aliphatic hydroxyl groups is 1. The summed E-state index contributed by atoms with van der Waals surface area (Å²) in [5.41, 5.74) is 0. The Morgan fingerprint density at radius 3 is 2.73 bits per heavy atom. The third-order valence-corrected chi connectivity index (χ3v) is 2.84. The summed E-state index contributed by atoms with van der Waals surface area (Å²) >= 11 is -1.15. The van der Waals surface area contributed by atoms with Crippen molar-refractivity contribution in [2.45, 2.75) is 11.7 Å². The Morgan fingerprint density at radius 1 is 1.64 bits per heavy atom. The van der Waals surface area contributed by atoms with E-state index in [1.54, 1.807) is 0 Å². The summed E-state index contributed by atoms with van der Waals surface area (Å²) < 4.78 is 10.7. The highest BCUT2D eigenvalue weighted by Gasteiger charge is 2.34. The topological polar surface area (TPSA) is 72.5 Å². The maximum atomic E-state index is 10.7. The molecule has 0 aromatic carbocycles. The summed E-state index contributed by atoms with van der Waals surface area (Å²) in [4.78, 5) is 2.14.